The fourth-order valence-electron chi connectivity index (χ4n) is 2.62. The minimum atomic E-state index is -1.10. The second-order valence-electron chi connectivity index (χ2n) is 6.17. The number of barbiturate groups is 1. The number of halogens is 1. The number of imide groups is 2. The molecule has 0 radical (unpaired) electrons. The van der Waals surface area contributed by atoms with E-state index in [9.17, 15) is 19.2 Å². The zero-order valence-corrected chi connectivity index (χ0v) is 17.3. The van der Waals surface area contributed by atoms with Gasteiger partial charge in [0.2, 0.25) is 0 Å². The van der Waals surface area contributed by atoms with Crippen LogP contribution in [0.3, 0.4) is 0 Å². The van der Waals surface area contributed by atoms with Gasteiger partial charge in [0.25, 0.3) is 11.8 Å². The lowest BCUT2D eigenvalue weighted by atomic mass is 10.1. The Kier molecular flexibility index (Phi) is 5.97. The third kappa shape index (κ3) is 4.62. The highest BCUT2D eigenvalue weighted by Gasteiger charge is 2.36. The number of carbonyl (C=O) groups excluding carboxylic acids is 3. The molecule has 0 aliphatic carbocycles. The Balaban J connectivity index is 1.91. The Morgan fingerprint density at radius 1 is 1.17 bits per heavy atom. The van der Waals surface area contributed by atoms with Gasteiger partial charge >= 0.3 is 12.0 Å². The number of nitrogens with zero attached hydrogens (tertiary/aromatic N) is 1. The fourth-order valence-corrected chi connectivity index (χ4v) is 3.31. The summed E-state index contributed by atoms with van der Waals surface area (Å²) in [6, 6.07) is 10.7. The van der Waals surface area contributed by atoms with Gasteiger partial charge in [-0.05, 0) is 65.4 Å². The van der Waals surface area contributed by atoms with Crippen LogP contribution in [0.5, 0.6) is 5.75 Å². The number of aliphatic carboxylic acids is 1. The zero-order chi connectivity index (χ0) is 21.1. The molecule has 9 heteroatoms. The Bertz CT molecular complexity index is 1050. The van der Waals surface area contributed by atoms with E-state index >= 15 is 0 Å². The van der Waals surface area contributed by atoms with Crippen molar-refractivity contribution in [2.24, 2.45) is 0 Å². The van der Waals surface area contributed by atoms with Gasteiger partial charge in [-0.15, -0.1) is 0 Å². The first-order valence-corrected chi connectivity index (χ1v) is 9.46. The first kappa shape index (κ1) is 20.5. The van der Waals surface area contributed by atoms with Crippen molar-refractivity contribution in [1.29, 1.82) is 0 Å². The molecule has 0 unspecified atom stereocenters. The summed E-state index contributed by atoms with van der Waals surface area (Å²) < 4.78 is 5.76. The minimum Gasteiger partial charge on any atom is -0.481 e. The van der Waals surface area contributed by atoms with E-state index in [0.29, 0.717) is 20.6 Å². The molecule has 3 rings (SSSR count). The number of carbonyl (C=O) groups is 4. The van der Waals surface area contributed by atoms with E-state index in [1.54, 1.807) is 42.5 Å². The lowest BCUT2D eigenvalue weighted by molar-refractivity contribution is -0.139. The number of urea groups is 1. The zero-order valence-electron chi connectivity index (χ0n) is 15.1. The highest BCUT2D eigenvalue weighted by molar-refractivity contribution is 14.1. The first-order chi connectivity index (χ1) is 13.8. The van der Waals surface area contributed by atoms with Crippen molar-refractivity contribution in [2.45, 2.75) is 6.92 Å². The molecular weight excluding hydrogens is 491 g/mol. The van der Waals surface area contributed by atoms with Crippen LogP contribution >= 0.6 is 22.6 Å². The molecule has 8 nitrogen and oxygen atoms in total. The van der Waals surface area contributed by atoms with Gasteiger partial charge in [-0.25, -0.2) is 14.5 Å². The number of aryl methyl sites for hydroxylation is 1. The van der Waals surface area contributed by atoms with Crippen LogP contribution in [0, 0.1) is 10.5 Å². The molecule has 1 saturated heterocycles. The lowest BCUT2D eigenvalue weighted by Gasteiger charge is -2.26. The number of anilines is 1. The van der Waals surface area contributed by atoms with E-state index in [-0.39, 0.29) is 5.57 Å². The molecule has 2 N–H and O–H groups in total. The topological polar surface area (TPSA) is 113 Å². The summed E-state index contributed by atoms with van der Waals surface area (Å²) in [5.41, 5.74) is 1.64. The molecule has 1 aliphatic heterocycles. The van der Waals surface area contributed by atoms with Crippen LogP contribution in [0.1, 0.15) is 11.1 Å². The summed E-state index contributed by atoms with van der Waals surface area (Å²) in [6.07, 6.45) is 1.37. The summed E-state index contributed by atoms with van der Waals surface area (Å²) in [5.74, 6) is -2.25. The molecule has 0 atom stereocenters. The van der Waals surface area contributed by atoms with Gasteiger partial charge in [0, 0.05) is 0 Å². The molecule has 0 bridgehead atoms. The fraction of sp³-hybridized carbons (Fsp3) is 0.100. The van der Waals surface area contributed by atoms with Gasteiger partial charge in [0.15, 0.2) is 6.61 Å². The van der Waals surface area contributed by atoms with Crippen molar-refractivity contribution >= 4 is 58.2 Å². The third-order valence-electron chi connectivity index (χ3n) is 4.01. The van der Waals surface area contributed by atoms with Crippen molar-refractivity contribution in [2.75, 3.05) is 11.5 Å². The first-order valence-electron chi connectivity index (χ1n) is 8.38. The highest BCUT2D eigenvalue weighted by Crippen LogP contribution is 2.25. The van der Waals surface area contributed by atoms with Gasteiger partial charge in [0.05, 0.1) is 9.26 Å². The largest absolute Gasteiger partial charge is 0.481 e. The summed E-state index contributed by atoms with van der Waals surface area (Å²) >= 11 is 1.96. The number of rotatable bonds is 5. The molecule has 2 aromatic carbocycles. The SMILES string of the molecule is Cc1ccc(N2C(=O)NC(=O)/C(=C\c3ccc(OCC(=O)O)c(I)c3)C2=O)cc1. The number of carboxylic acid groups (broad SMARTS) is 1. The van der Waals surface area contributed by atoms with Crippen molar-refractivity contribution < 1.29 is 29.0 Å². The maximum Gasteiger partial charge on any atom is 0.341 e. The third-order valence-corrected chi connectivity index (χ3v) is 4.85. The second-order valence-corrected chi connectivity index (χ2v) is 7.33. The number of amides is 4. The number of benzene rings is 2. The number of hydrogen-bond donors (Lipinski definition) is 2. The van der Waals surface area contributed by atoms with E-state index in [2.05, 4.69) is 5.32 Å². The predicted molar refractivity (Wildman–Crippen MR) is 112 cm³/mol. The maximum atomic E-state index is 12.8. The molecule has 0 aromatic heterocycles. The molecule has 29 heavy (non-hydrogen) atoms. The number of carboxylic acids is 1. The van der Waals surface area contributed by atoms with Gasteiger partial charge in [0.1, 0.15) is 11.3 Å². The molecular formula is C20H15IN2O6. The summed E-state index contributed by atoms with van der Waals surface area (Å²) in [6.45, 7) is 1.40. The van der Waals surface area contributed by atoms with Crippen molar-refractivity contribution in [3.63, 3.8) is 0 Å². The molecule has 0 saturated carbocycles. The Labute approximate surface area is 179 Å². The molecule has 148 valence electrons. The lowest BCUT2D eigenvalue weighted by Crippen LogP contribution is -2.54. The van der Waals surface area contributed by atoms with Crippen molar-refractivity contribution in [1.82, 2.24) is 5.32 Å². The summed E-state index contributed by atoms with van der Waals surface area (Å²) in [7, 11) is 0. The van der Waals surface area contributed by atoms with E-state index in [4.69, 9.17) is 9.84 Å². The van der Waals surface area contributed by atoms with E-state index < -0.39 is 30.4 Å². The molecule has 1 heterocycles. The monoisotopic (exact) mass is 506 g/mol. The van der Waals surface area contributed by atoms with Crippen LogP contribution < -0.4 is 15.0 Å². The molecule has 0 spiro atoms. The number of nitrogens with one attached hydrogen (secondary N) is 1. The molecule has 1 fully saturated rings. The normalized spacial score (nSPS) is 15.4. The average Bonchev–Trinajstić information content (AvgIpc) is 2.65. The van der Waals surface area contributed by atoms with Crippen LogP contribution in [0.15, 0.2) is 48.0 Å². The van der Waals surface area contributed by atoms with Gasteiger partial charge in [-0.3, -0.25) is 14.9 Å². The van der Waals surface area contributed by atoms with Crippen LogP contribution in [0.25, 0.3) is 6.08 Å². The van der Waals surface area contributed by atoms with E-state index in [1.165, 1.54) is 6.08 Å². The van der Waals surface area contributed by atoms with Crippen molar-refractivity contribution in [3.8, 4) is 5.75 Å². The molecule has 1 aliphatic rings. The number of ether oxygens (including phenoxy) is 1. The van der Waals surface area contributed by atoms with Crippen LogP contribution in [0.4, 0.5) is 10.5 Å². The van der Waals surface area contributed by atoms with Gasteiger partial charge < -0.3 is 9.84 Å². The molecule has 2 aromatic rings. The average molecular weight is 506 g/mol. The van der Waals surface area contributed by atoms with Crippen LogP contribution in [-0.4, -0.2) is 35.5 Å². The summed E-state index contributed by atoms with van der Waals surface area (Å²) in [4.78, 5) is 48.8. The Hall–Kier alpha value is -3.21. The summed E-state index contributed by atoms with van der Waals surface area (Å²) in [5, 5.41) is 10.9. The minimum absolute atomic E-state index is 0.194. The van der Waals surface area contributed by atoms with Crippen molar-refractivity contribution in [3.05, 3.63) is 62.7 Å². The quantitative estimate of drug-likeness (QED) is 0.367. The predicted octanol–water partition coefficient (Wildman–Crippen LogP) is 2.73. The smallest absolute Gasteiger partial charge is 0.341 e. The maximum absolute atomic E-state index is 12.8. The highest BCUT2D eigenvalue weighted by atomic mass is 127. The Morgan fingerprint density at radius 2 is 1.86 bits per heavy atom. The van der Waals surface area contributed by atoms with E-state index in [1.807, 2.05) is 29.5 Å². The Morgan fingerprint density at radius 3 is 2.48 bits per heavy atom. The van der Waals surface area contributed by atoms with Gasteiger partial charge in [-0.1, -0.05) is 23.8 Å². The van der Waals surface area contributed by atoms with Gasteiger partial charge in [-0.2, -0.15) is 0 Å². The standard InChI is InChI=1S/C20H15IN2O6/c1-11-2-5-13(6-3-11)23-19(27)14(18(26)22-20(23)28)8-12-4-7-16(15(21)9-12)29-10-17(24)25/h2-9H,10H2,1H3,(H,24,25)(H,22,26,28)/b14-8+. The number of hydrogen-bond acceptors (Lipinski definition) is 5. The van der Waals surface area contributed by atoms with Crippen LogP contribution in [0.2, 0.25) is 0 Å². The van der Waals surface area contributed by atoms with E-state index in [0.717, 1.165) is 10.5 Å². The second kappa shape index (κ2) is 8.43. The molecule has 4 amide bonds. The van der Waals surface area contributed by atoms with Crippen LogP contribution in [-0.2, 0) is 14.4 Å².